The zero-order valence-corrected chi connectivity index (χ0v) is 21.9. The fourth-order valence-corrected chi connectivity index (χ4v) is 4.19. The topological polar surface area (TPSA) is 150 Å². The molecule has 4 rings (SSSR count). The second-order valence-electron chi connectivity index (χ2n) is 9.13. The lowest BCUT2D eigenvalue weighted by Crippen LogP contribution is -2.34. The molecule has 0 unspecified atom stereocenters. The van der Waals surface area contributed by atoms with E-state index in [4.69, 9.17) is 9.84 Å². The molecule has 0 spiro atoms. The van der Waals surface area contributed by atoms with Crippen molar-refractivity contribution >= 4 is 28.7 Å². The van der Waals surface area contributed by atoms with E-state index in [1.54, 1.807) is 13.1 Å². The van der Waals surface area contributed by atoms with Crippen molar-refractivity contribution in [2.75, 3.05) is 25.0 Å². The molecule has 4 aromatic rings. The Morgan fingerprint density at radius 1 is 1.10 bits per heavy atom. The summed E-state index contributed by atoms with van der Waals surface area (Å²) in [6.45, 7) is 4.78. The Morgan fingerprint density at radius 2 is 1.92 bits per heavy atom. The molecule has 11 heteroatoms. The average molecular weight is 533 g/mol. The van der Waals surface area contributed by atoms with Gasteiger partial charge in [0, 0.05) is 42.1 Å². The van der Waals surface area contributed by atoms with Crippen LogP contribution in [0.1, 0.15) is 22.4 Å². The summed E-state index contributed by atoms with van der Waals surface area (Å²) in [6.07, 6.45) is 2.95. The first-order valence-electron chi connectivity index (χ1n) is 12.6. The molecule has 11 nitrogen and oxygen atoms in total. The molecule has 0 radical (unpaired) electrons. The molecule has 0 aliphatic rings. The number of aryl methyl sites for hydroxylation is 2. The maximum atomic E-state index is 13.1. The number of fused-ring (bicyclic) bond motifs is 1. The van der Waals surface area contributed by atoms with Crippen molar-refractivity contribution in [3.05, 3.63) is 87.6 Å². The van der Waals surface area contributed by atoms with Crippen LogP contribution in [0.15, 0.2) is 59.7 Å². The van der Waals surface area contributed by atoms with E-state index < -0.39 is 6.09 Å². The van der Waals surface area contributed by atoms with E-state index in [2.05, 4.69) is 25.9 Å². The number of amides is 2. The smallest absolute Gasteiger partial charge is 0.404 e. The summed E-state index contributed by atoms with van der Waals surface area (Å²) in [6, 6.07) is 13.4. The number of aromatic amines is 1. The van der Waals surface area contributed by atoms with E-state index in [1.165, 1.54) is 4.57 Å². The molecular weight excluding hydrogens is 500 g/mol. The van der Waals surface area contributed by atoms with Crippen molar-refractivity contribution in [2.24, 2.45) is 0 Å². The number of ether oxygens (including phenoxy) is 1. The van der Waals surface area contributed by atoms with Gasteiger partial charge in [-0.15, -0.1) is 0 Å². The standard InChI is InChI=1S/C28H32N6O5/c1-18-14-31-23-8-7-20(13-22(18)23)16-32-25(35)17-34-19(2)15-33-26(27(34)36)29-10-9-21-5-3-4-6-24(21)39-12-11-30-28(37)38/h3-8,13-15,30-31H,9-12,16-17H2,1-2H3,(H,29,33)(H,32,35)(H,37,38). The third-order valence-electron chi connectivity index (χ3n) is 6.29. The van der Waals surface area contributed by atoms with Crippen molar-refractivity contribution < 1.29 is 19.4 Å². The minimum absolute atomic E-state index is 0.117. The van der Waals surface area contributed by atoms with Crippen molar-refractivity contribution in [2.45, 2.75) is 33.4 Å². The van der Waals surface area contributed by atoms with Crippen molar-refractivity contribution in [1.82, 2.24) is 25.2 Å². The Bertz CT molecular complexity index is 1530. The van der Waals surface area contributed by atoms with Gasteiger partial charge in [-0.05, 0) is 55.2 Å². The van der Waals surface area contributed by atoms with Gasteiger partial charge in [0.2, 0.25) is 5.91 Å². The first kappa shape index (κ1) is 27.2. The molecule has 5 N–H and O–H groups in total. The molecule has 0 aliphatic carbocycles. The molecular formula is C28H32N6O5. The minimum Gasteiger partial charge on any atom is -0.491 e. The molecule has 39 heavy (non-hydrogen) atoms. The Balaban J connectivity index is 1.33. The molecule has 0 atom stereocenters. The molecule has 0 aliphatic heterocycles. The predicted octanol–water partition coefficient (Wildman–Crippen LogP) is 2.96. The normalized spacial score (nSPS) is 10.8. The van der Waals surface area contributed by atoms with Gasteiger partial charge in [0.1, 0.15) is 18.9 Å². The van der Waals surface area contributed by atoms with Crippen molar-refractivity contribution in [3.63, 3.8) is 0 Å². The molecule has 2 amide bonds. The number of carbonyl (C=O) groups is 2. The second-order valence-corrected chi connectivity index (χ2v) is 9.13. The Hall–Kier alpha value is -4.80. The fourth-order valence-electron chi connectivity index (χ4n) is 4.19. The number of carboxylic acid groups (broad SMARTS) is 1. The van der Waals surface area contributed by atoms with Crippen LogP contribution in [0.4, 0.5) is 10.6 Å². The number of hydrogen-bond donors (Lipinski definition) is 5. The summed E-state index contributed by atoms with van der Waals surface area (Å²) < 4.78 is 7.09. The molecule has 0 fully saturated rings. The second kappa shape index (κ2) is 12.6. The Kier molecular flexibility index (Phi) is 8.82. The van der Waals surface area contributed by atoms with Gasteiger partial charge in [-0.2, -0.15) is 0 Å². The maximum absolute atomic E-state index is 13.1. The lowest BCUT2D eigenvalue weighted by molar-refractivity contribution is -0.121. The van der Waals surface area contributed by atoms with Crippen LogP contribution in [0.3, 0.4) is 0 Å². The van der Waals surface area contributed by atoms with Gasteiger partial charge < -0.3 is 30.8 Å². The Labute approximate surface area is 225 Å². The summed E-state index contributed by atoms with van der Waals surface area (Å²) in [4.78, 5) is 43.8. The molecule has 2 aromatic carbocycles. The van der Waals surface area contributed by atoms with Crippen LogP contribution in [-0.4, -0.2) is 51.3 Å². The first-order valence-corrected chi connectivity index (χ1v) is 12.6. The van der Waals surface area contributed by atoms with E-state index in [1.807, 2.05) is 55.6 Å². The van der Waals surface area contributed by atoms with Crippen LogP contribution >= 0.6 is 0 Å². The lowest BCUT2D eigenvalue weighted by Gasteiger charge is -2.14. The minimum atomic E-state index is -1.10. The highest BCUT2D eigenvalue weighted by atomic mass is 16.5. The SMILES string of the molecule is Cc1c[nH]c2ccc(CNC(=O)Cn3c(C)cnc(NCCc4ccccc4OCCNC(=O)O)c3=O)cc12. The zero-order chi connectivity index (χ0) is 27.8. The zero-order valence-electron chi connectivity index (χ0n) is 21.9. The average Bonchev–Trinajstić information content (AvgIpc) is 3.29. The number of rotatable bonds is 12. The highest BCUT2D eigenvalue weighted by Crippen LogP contribution is 2.19. The molecule has 204 valence electrons. The van der Waals surface area contributed by atoms with Gasteiger partial charge in [0.25, 0.3) is 5.56 Å². The van der Waals surface area contributed by atoms with Crippen LogP contribution in [0.25, 0.3) is 10.9 Å². The number of hydrogen-bond acceptors (Lipinski definition) is 6. The summed E-state index contributed by atoms with van der Waals surface area (Å²) in [5.41, 5.74) is 4.27. The van der Waals surface area contributed by atoms with E-state index in [0.29, 0.717) is 31.0 Å². The Morgan fingerprint density at radius 3 is 2.74 bits per heavy atom. The number of carbonyl (C=O) groups excluding carboxylic acids is 1. The van der Waals surface area contributed by atoms with Gasteiger partial charge in [0.15, 0.2) is 5.82 Å². The number of nitrogens with one attached hydrogen (secondary N) is 4. The number of benzene rings is 2. The fraction of sp³-hybridized carbons (Fsp3) is 0.286. The summed E-state index contributed by atoms with van der Waals surface area (Å²) in [5, 5.41) is 18.0. The van der Waals surface area contributed by atoms with Crippen LogP contribution in [-0.2, 0) is 24.3 Å². The number of H-pyrrole nitrogens is 1. The molecule has 0 saturated heterocycles. The van der Waals surface area contributed by atoms with E-state index in [0.717, 1.165) is 27.6 Å². The summed E-state index contributed by atoms with van der Waals surface area (Å²) >= 11 is 0. The first-order chi connectivity index (χ1) is 18.8. The predicted molar refractivity (Wildman–Crippen MR) is 148 cm³/mol. The van der Waals surface area contributed by atoms with Gasteiger partial charge in [-0.3, -0.25) is 14.2 Å². The number of anilines is 1. The molecule has 0 saturated carbocycles. The summed E-state index contributed by atoms with van der Waals surface area (Å²) in [5.74, 6) is 0.529. The highest BCUT2D eigenvalue weighted by molar-refractivity contribution is 5.83. The number of nitrogens with zero attached hydrogens (tertiary/aromatic N) is 2. The highest BCUT2D eigenvalue weighted by Gasteiger charge is 2.12. The number of para-hydroxylation sites is 1. The van der Waals surface area contributed by atoms with Crippen LogP contribution in [0.2, 0.25) is 0 Å². The van der Waals surface area contributed by atoms with Gasteiger partial charge >= 0.3 is 6.09 Å². The largest absolute Gasteiger partial charge is 0.491 e. The molecule has 2 aromatic heterocycles. The van der Waals surface area contributed by atoms with Gasteiger partial charge in [-0.1, -0.05) is 24.3 Å². The number of aromatic nitrogens is 3. The third-order valence-corrected chi connectivity index (χ3v) is 6.29. The lowest BCUT2D eigenvalue weighted by atomic mass is 10.1. The summed E-state index contributed by atoms with van der Waals surface area (Å²) in [7, 11) is 0. The van der Waals surface area contributed by atoms with E-state index >= 15 is 0 Å². The van der Waals surface area contributed by atoms with Gasteiger partial charge in [0.05, 0.1) is 6.54 Å². The van der Waals surface area contributed by atoms with Gasteiger partial charge in [-0.25, -0.2) is 9.78 Å². The molecule has 0 bridgehead atoms. The van der Waals surface area contributed by atoms with E-state index in [9.17, 15) is 14.4 Å². The monoisotopic (exact) mass is 532 g/mol. The van der Waals surface area contributed by atoms with Crippen LogP contribution in [0, 0.1) is 13.8 Å². The third kappa shape index (κ3) is 7.16. The van der Waals surface area contributed by atoms with Crippen LogP contribution in [0.5, 0.6) is 5.75 Å². The maximum Gasteiger partial charge on any atom is 0.404 e. The van der Waals surface area contributed by atoms with Crippen LogP contribution < -0.4 is 26.2 Å². The van der Waals surface area contributed by atoms with Crippen molar-refractivity contribution in [3.8, 4) is 5.75 Å². The van der Waals surface area contributed by atoms with E-state index in [-0.39, 0.29) is 37.0 Å². The molecule has 2 heterocycles. The van der Waals surface area contributed by atoms with Crippen molar-refractivity contribution in [1.29, 1.82) is 0 Å². The quantitative estimate of drug-likeness (QED) is 0.176.